The van der Waals surface area contributed by atoms with Crippen molar-refractivity contribution in [2.45, 2.75) is 40.0 Å². The van der Waals surface area contributed by atoms with Gasteiger partial charge in [-0.25, -0.2) is 0 Å². The van der Waals surface area contributed by atoms with Crippen LogP contribution in [0.3, 0.4) is 0 Å². The Hall–Kier alpha value is -0.180. The van der Waals surface area contributed by atoms with Crippen molar-refractivity contribution in [1.29, 1.82) is 0 Å². The summed E-state index contributed by atoms with van der Waals surface area (Å²) in [4.78, 5) is 14.5. The molecule has 1 rings (SSSR count). The first-order chi connectivity index (χ1) is 7.20. The van der Waals surface area contributed by atoms with E-state index in [1.54, 1.807) is 0 Å². The van der Waals surface area contributed by atoms with Crippen molar-refractivity contribution in [1.82, 2.24) is 4.90 Å². The average molecular weight is 229 g/mol. The Labute approximate surface area is 97.8 Å². The van der Waals surface area contributed by atoms with Gasteiger partial charge in [0.15, 0.2) is 0 Å². The first-order valence-corrected chi connectivity index (χ1v) is 7.22. The smallest absolute Gasteiger partial charge is 0.228 e. The molecule has 1 aliphatic rings. The van der Waals surface area contributed by atoms with Crippen LogP contribution in [0.5, 0.6) is 0 Å². The molecule has 88 valence electrons. The van der Waals surface area contributed by atoms with Gasteiger partial charge in [0.1, 0.15) is 0 Å². The molecule has 1 heterocycles. The van der Waals surface area contributed by atoms with Crippen molar-refractivity contribution in [3.8, 4) is 0 Å². The molecule has 1 saturated heterocycles. The molecule has 0 aromatic heterocycles. The van der Waals surface area contributed by atoms with E-state index in [1.807, 2.05) is 11.8 Å². The molecule has 2 nitrogen and oxygen atoms in total. The lowest BCUT2D eigenvalue weighted by atomic mass is 9.78. The number of nitrogens with zero attached hydrogens (tertiary/aromatic N) is 1. The van der Waals surface area contributed by atoms with Crippen LogP contribution in [0.4, 0.5) is 0 Å². The van der Waals surface area contributed by atoms with Gasteiger partial charge in [0.05, 0.1) is 0 Å². The topological polar surface area (TPSA) is 20.3 Å². The van der Waals surface area contributed by atoms with Crippen molar-refractivity contribution < 1.29 is 4.79 Å². The number of amides is 1. The molecule has 1 fully saturated rings. The lowest BCUT2D eigenvalue weighted by Crippen LogP contribution is -2.46. The molecule has 0 unspecified atom stereocenters. The fourth-order valence-electron chi connectivity index (χ4n) is 2.31. The van der Waals surface area contributed by atoms with Gasteiger partial charge in [-0.15, -0.1) is 0 Å². The molecule has 3 heteroatoms. The van der Waals surface area contributed by atoms with Crippen LogP contribution in [-0.4, -0.2) is 35.4 Å². The van der Waals surface area contributed by atoms with Crippen LogP contribution in [0.15, 0.2) is 0 Å². The molecule has 15 heavy (non-hydrogen) atoms. The van der Waals surface area contributed by atoms with Crippen LogP contribution >= 0.6 is 11.8 Å². The largest absolute Gasteiger partial charge is 0.341 e. The summed E-state index contributed by atoms with van der Waals surface area (Å²) >= 11 is 1.96. The molecule has 0 bridgehead atoms. The Bertz CT molecular complexity index is 199. The lowest BCUT2D eigenvalue weighted by Gasteiger charge is -2.37. The highest BCUT2D eigenvalue weighted by Gasteiger charge is 2.36. The molecule has 1 aliphatic heterocycles. The molecule has 0 spiro atoms. The maximum Gasteiger partial charge on any atom is 0.228 e. The number of rotatable bonds is 4. The van der Waals surface area contributed by atoms with Crippen molar-refractivity contribution in [3.05, 3.63) is 0 Å². The highest BCUT2D eigenvalue weighted by molar-refractivity contribution is 7.99. The first-order valence-electron chi connectivity index (χ1n) is 6.07. The van der Waals surface area contributed by atoms with Gasteiger partial charge in [-0.1, -0.05) is 20.8 Å². The van der Waals surface area contributed by atoms with Gasteiger partial charge in [-0.2, -0.15) is 11.8 Å². The quantitative estimate of drug-likeness (QED) is 0.739. The molecular weight excluding hydrogens is 206 g/mol. The molecule has 0 aromatic rings. The molecule has 0 aliphatic carbocycles. The van der Waals surface area contributed by atoms with Crippen LogP contribution in [0, 0.1) is 5.41 Å². The molecule has 0 aromatic carbocycles. The van der Waals surface area contributed by atoms with Gasteiger partial charge in [-0.3, -0.25) is 4.79 Å². The number of thioether (sulfide) groups is 1. The maximum absolute atomic E-state index is 12.4. The standard InChI is InChI=1S/C12H23NOS/c1-4-12(5-2,6-3)11(14)13-7-9-15-10-8-13/h4-10H2,1-3H3. The van der Waals surface area contributed by atoms with Gasteiger partial charge >= 0.3 is 0 Å². The van der Waals surface area contributed by atoms with Crippen molar-refractivity contribution in [2.24, 2.45) is 5.41 Å². The highest BCUT2D eigenvalue weighted by Crippen LogP contribution is 2.33. The summed E-state index contributed by atoms with van der Waals surface area (Å²) < 4.78 is 0. The van der Waals surface area contributed by atoms with E-state index in [2.05, 4.69) is 25.7 Å². The average Bonchev–Trinajstić information content (AvgIpc) is 2.33. The van der Waals surface area contributed by atoms with Crippen molar-refractivity contribution in [2.75, 3.05) is 24.6 Å². The highest BCUT2D eigenvalue weighted by atomic mass is 32.2. The summed E-state index contributed by atoms with van der Waals surface area (Å²) in [6.07, 6.45) is 2.92. The SMILES string of the molecule is CCC(CC)(CC)C(=O)N1CCSCC1. The van der Waals surface area contributed by atoms with E-state index in [1.165, 1.54) is 0 Å². The van der Waals surface area contributed by atoms with Crippen LogP contribution in [0.2, 0.25) is 0 Å². The third-order valence-electron chi connectivity index (χ3n) is 3.78. The van der Waals surface area contributed by atoms with Crippen LogP contribution in [0.1, 0.15) is 40.0 Å². The van der Waals surface area contributed by atoms with E-state index in [4.69, 9.17) is 0 Å². The normalized spacial score (nSPS) is 17.9. The fourth-order valence-corrected chi connectivity index (χ4v) is 3.21. The van der Waals surface area contributed by atoms with E-state index in [-0.39, 0.29) is 5.41 Å². The summed E-state index contributed by atoms with van der Waals surface area (Å²) in [6, 6.07) is 0. The Morgan fingerprint density at radius 3 is 2.00 bits per heavy atom. The maximum atomic E-state index is 12.4. The zero-order valence-electron chi connectivity index (χ0n) is 10.2. The summed E-state index contributed by atoms with van der Waals surface area (Å²) in [6.45, 7) is 8.33. The van der Waals surface area contributed by atoms with Gasteiger partial charge in [-0.05, 0) is 19.3 Å². The molecule has 1 amide bonds. The fraction of sp³-hybridized carbons (Fsp3) is 0.917. The summed E-state index contributed by atoms with van der Waals surface area (Å²) in [5, 5.41) is 0. The predicted octanol–water partition coefficient (Wildman–Crippen LogP) is 2.78. The number of carbonyl (C=O) groups is 1. The second-order valence-electron chi connectivity index (χ2n) is 4.25. The zero-order valence-corrected chi connectivity index (χ0v) is 11.0. The van der Waals surface area contributed by atoms with Crippen molar-refractivity contribution in [3.63, 3.8) is 0 Å². The molecule has 0 atom stereocenters. The van der Waals surface area contributed by atoms with Crippen LogP contribution in [0.25, 0.3) is 0 Å². The number of hydrogen-bond acceptors (Lipinski definition) is 2. The predicted molar refractivity (Wildman–Crippen MR) is 67.2 cm³/mol. The third kappa shape index (κ3) is 2.68. The van der Waals surface area contributed by atoms with E-state index >= 15 is 0 Å². The summed E-state index contributed by atoms with van der Waals surface area (Å²) in [5.41, 5.74) is -0.0813. The van der Waals surface area contributed by atoms with E-state index in [0.717, 1.165) is 43.9 Å². The van der Waals surface area contributed by atoms with Gasteiger partial charge in [0, 0.05) is 30.0 Å². The van der Waals surface area contributed by atoms with E-state index in [0.29, 0.717) is 5.91 Å². The zero-order chi connectivity index (χ0) is 11.3. The minimum Gasteiger partial charge on any atom is -0.341 e. The molecule has 0 radical (unpaired) electrons. The van der Waals surface area contributed by atoms with Gasteiger partial charge in [0.25, 0.3) is 0 Å². The summed E-state index contributed by atoms with van der Waals surface area (Å²) in [7, 11) is 0. The molecular formula is C12H23NOS. The molecule has 0 saturated carbocycles. The Kier molecular flexibility index (Phi) is 4.97. The number of carbonyl (C=O) groups excluding carboxylic acids is 1. The Morgan fingerprint density at radius 1 is 1.13 bits per heavy atom. The van der Waals surface area contributed by atoms with Crippen LogP contribution in [-0.2, 0) is 4.79 Å². The monoisotopic (exact) mass is 229 g/mol. The minimum atomic E-state index is -0.0813. The third-order valence-corrected chi connectivity index (χ3v) is 4.72. The van der Waals surface area contributed by atoms with Crippen LogP contribution < -0.4 is 0 Å². The van der Waals surface area contributed by atoms with Crippen molar-refractivity contribution >= 4 is 17.7 Å². The Morgan fingerprint density at radius 2 is 1.60 bits per heavy atom. The summed E-state index contributed by atoms with van der Waals surface area (Å²) in [5.74, 6) is 2.62. The Balaban J connectivity index is 2.70. The lowest BCUT2D eigenvalue weighted by molar-refractivity contribution is -0.142. The van der Waals surface area contributed by atoms with E-state index in [9.17, 15) is 4.79 Å². The molecule has 0 N–H and O–H groups in total. The van der Waals surface area contributed by atoms with E-state index < -0.39 is 0 Å². The van der Waals surface area contributed by atoms with Gasteiger partial charge in [0.2, 0.25) is 5.91 Å². The second kappa shape index (κ2) is 5.78. The van der Waals surface area contributed by atoms with Gasteiger partial charge < -0.3 is 4.90 Å². The number of hydrogen-bond donors (Lipinski definition) is 0. The second-order valence-corrected chi connectivity index (χ2v) is 5.47. The minimum absolute atomic E-state index is 0.0813. The first kappa shape index (κ1) is 12.9.